The Morgan fingerprint density at radius 2 is 2.06 bits per heavy atom. The molecule has 17 heavy (non-hydrogen) atoms. The number of nitrogens with one attached hydrogen (secondary N) is 1. The lowest BCUT2D eigenvalue weighted by molar-refractivity contribution is 0.286. The molecule has 1 aromatic rings. The highest BCUT2D eigenvalue weighted by Gasteiger charge is 2.13. The first-order chi connectivity index (χ1) is 7.96. The Morgan fingerprint density at radius 1 is 1.35 bits per heavy atom. The Labute approximate surface area is 102 Å². The van der Waals surface area contributed by atoms with Crippen molar-refractivity contribution in [3.8, 4) is 0 Å². The standard InChI is InChI=1S/C11H18N2O3S/c1-17(15,16)10-6-4-5-9(11(10)12)13-7-2-3-8-14/h4-6,13-14H,2-3,7-8,12H2,1H3. The quantitative estimate of drug-likeness (QED) is 0.520. The van der Waals surface area contributed by atoms with Crippen LogP contribution in [0.1, 0.15) is 12.8 Å². The molecule has 1 aromatic carbocycles. The average molecular weight is 258 g/mol. The van der Waals surface area contributed by atoms with Crippen molar-refractivity contribution in [2.75, 3.05) is 30.5 Å². The maximum absolute atomic E-state index is 11.4. The molecule has 96 valence electrons. The highest BCUT2D eigenvalue weighted by Crippen LogP contribution is 2.26. The number of nitrogen functional groups attached to an aromatic ring is 1. The highest BCUT2D eigenvalue weighted by molar-refractivity contribution is 7.90. The average Bonchev–Trinajstić information content (AvgIpc) is 2.25. The summed E-state index contributed by atoms with van der Waals surface area (Å²) in [6.07, 6.45) is 2.64. The van der Waals surface area contributed by atoms with Crippen LogP contribution in [-0.4, -0.2) is 32.9 Å². The third-order valence-corrected chi connectivity index (χ3v) is 3.52. The number of para-hydroxylation sites is 1. The molecule has 0 amide bonds. The molecule has 0 saturated heterocycles. The molecule has 0 aliphatic rings. The van der Waals surface area contributed by atoms with Gasteiger partial charge in [0.25, 0.3) is 0 Å². The number of aliphatic hydroxyl groups excluding tert-OH is 1. The van der Waals surface area contributed by atoms with Crippen LogP contribution in [0.3, 0.4) is 0 Å². The summed E-state index contributed by atoms with van der Waals surface area (Å²) in [5, 5.41) is 11.7. The van der Waals surface area contributed by atoms with Crippen LogP contribution in [0.15, 0.2) is 23.1 Å². The Hall–Kier alpha value is -1.27. The summed E-state index contributed by atoms with van der Waals surface area (Å²) in [4.78, 5) is 0.143. The van der Waals surface area contributed by atoms with Crippen molar-refractivity contribution in [1.29, 1.82) is 0 Å². The second-order valence-corrected chi connectivity index (χ2v) is 5.83. The Bertz CT molecular complexity index is 472. The van der Waals surface area contributed by atoms with Crippen molar-refractivity contribution in [3.05, 3.63) is 18.2 Å². The lowest BCUT2D eigenvalue weighted by Gasteiger charge is -2.11. The lowest BCUT2D eigenvalue weighted by Crippen LogP contribution is -2.08. The maximum Gasteiger partial charge on any atom is 0.177 e. The number of hydrogen-bond acceptors (Lipinski definition) is 5. The molecule has 4 N–H and O–H groups in total. The van der Waals surface area contributed by atoms with Crippen LogP contribution < -0.4 is 11.1 Å². The van der Waals surface area contributed by atoms with Gasteiger partial charge in [0.2, 0.25) is 0 Å². The van der Waals surface area contributed by atoms with E-state index in [1.807, 2.05) is 0 Å². The fourth-order valence-electron chi connectivity index (χ4n) is 1.48. The molecule has 0 saturated carbocycles. The highest BCUT2D eigenvalue weighted by atomic mass is 32.2. The molecule has 0 unspecified atom stereocenters. The molecule has 0 bridgehead atoms. The predicted molar refractivity (Wildman–Crippen MR) is 68.8 cm³/mol. The van der Waals surface area contributed by atoms with Crippen molar-refractivity contribution in [2.45, 2.75) is 17.7 Å². The van der Waals surface area contributed by atoms with E-state index in [1.54, 1.807) is 12.1 Å². The lowest BCUT2D eigenvalue weighted by atomic mass is 10.2. The molecule has 5 nitrogen and oxygen atoms in total. The summed E-state index contributed by atoms with van der Waals surface area (Å²) in [5.74, 6) is 0. The summed E-state index contributed by atoms with van der Waals surface area (Å²) in [5.41, 5.74) is 6.66. The van der Waals surface area contributed by atoms with Crippen LogP contribution in [0.25, 0.3) is 0 Å². The van der Waals surface area contributed by atoms with Gasteiger partial charge < -0.3 is 16.2 Å². The summed E-state index contributed by atoms with van der Waals surface area (Å²) >= 11 is 0. The summed E-state index contributed by atoms with van der Waals surface area (Å²) in [6.45, 7) is 0.804. The first kappa shape index (κ1) is 13.8. The molecule has 0 radical (unpaired) electrons. The van der Waals surface area contributed by atoms with E-state index in [4.69, 9.17) is 10.8 Å². The normalized spacial score (nSPS) is 11.4. The van der Waals surface area contributed by atoms with E-state index in [2.05, 4.69) is 5.32 Å². The van der Waals surface area contributed by atoms with E-state index in [-0.39, 0.29) is 17.2 Å². The number of anilines is 2. The van der Waals surface area contributed by atoms with Gasteiger partial charge in [0.1, 0.15) is 0 Å². The number of hydrogen-bond donors (Lipinski definition) is 3. The molecule has 0 spiro atoms. The fraction of sp³-hybridized carbons (Fsp3) is 0.455. The zero-order valence-electron chi connectivity index (χ0n) is 9.81. The Morgan fingerprint density at radius 3 is 2.65 bits per heavy atom. The van der Waals surface area contributed by atoms with Gasteiger partial charge >= 0.3 is 0 Å². The molecule has 0 aliphatic heterocycles. The molecule has 0 heterocycles. The summed E-state index contributed by atoms with van der Waals surface area (Å²) in [6, 6.07) is 4.88. The van der Waals surface area contributed by atoms with Crippen LogP contribution >= 0.6 is 0 Å². The molecule has 0 aromatic heterocycles. The van der Waals surface area contributed by atoms with Gasteiger partial charge in [-0.15, -0.1) is 0 Å². The SMILES string of the molecule is CS(=O)(=O)c1cccc(NCCCCO)c1N. The maximum atomic E-state index is 11.4. The molecule has 1 rings (SSSR count). The number of unbranched alkanes of at least 4 members (excludes halogenated alkanes) is 1. The van der Waals surface area contributed by atoms with Gasteiger partial charge in [0, 0.05) is 19.4 Å². The van der Waals surface area contributed by atoms with Crippen molar-refractivity contribution < 1.29 is 13.5 Å². The third-order valence-electron chi connectivity index (χ3n) is 2.37. The van der Waals surface area contributed by atoms with Gasteiger partial charge in [0.15, 0.2) is 9.84 Å². The van der Waals surface area contributed by atoms with E-state index >= 15 is 0 Å². The number of benzene rings is 1. The Balaban J connectivity index is 2.81. The smallest absolute Gasteiger partial charge is 0.177 e. The minimum Gasteiger partial charge on any atom is -0.396 e. The molecular formula is C11H18N2O3S. The van der Waals surface area contributed by atoms with Crippen LogP contribution in [0.2, 0.25) is 0 Å². The minimum absolute atomic E-state index is 0.143. The van der Waals surface area contributed by atoms with E-state index < -0.39 is 9.84 Å². The van der Waals surface area contributed by atoms with Crippen molar-refractivity contribution in [1.82, 2.24) is 0 Å². The second kappa shape index (κ2) is 5.88. The van der Waals surface area contributed by atoms with Crippen molar-refractivity contribution in [2.24, 2.45) is 0 Å². The van der Waals surface area contributed by atoms with Crippen molar-refractivity contribution in [3.63, 3.8) is 0 Å². The monoisotopic (exact) mass is 258 g/mol. The fourth-order valence-corrected chi connectivity index (χ4v) is 2.32. The van der Waals surface area contributed by atoms with Crippen LogP contribution in [-0.2, 0) is 9.84 Å². The van der Waals surface area contributed by atoms with Gasteiger partial charge in [-0.1, -0.05) is 6.07 Å². The van der Waals surface area contributed by atoms with Gasteiger partial charge in [-0.05, 0) is 25.0 Å². The van der Waals surface area contributed by atoms with Gasteiger partial charge in [0.05, 0.1) is 16.3 Å². The van der Waals surface area contributed by atoms with E-state index in [0.717, 1.165) is 12.7 Å². The largest absolute Gasteiger partial charge is 0.396 e. The molecule has 6 heteroatoms. The van der Waals surface area contributed by atoms with Gasteiger partial charge in [-0.2, -0.15) is 0 Å². The van der Waals surface area contributed by atoms with Crippen LogP contribution in [0.5, 0.6) is 0 Å². The second-order valence-electron chi connectivity index (χ2n) is 3.85. The first-order valence-corrected chi connectivity index (χ1v) is 7.29. The molecular weight excluding hydrogens is 240 g/mol. The topological polar surface area (TPSA) is 92.4 Å². The van der Waals surface area contributed by atoms with Crippen LogP contribution in [0, 0.1) is 0 Å². The molecule has 0 fully saturated rings. The summed E-state index contributed by atoms with van der Waals surface area (Å²) < 4.78 is 22.9. The van der Waals surface area contributed by atoms with E-state index in [0.29, 0.717) is 18.7 Å². The Kier molecular flexibility index (Phi) is 4.77. The zero-order chi connectivity index (χ0) is 12.9. The van der Waals surface area contributed by atoms with Gasteiger partial charge in [-0.25, -0.2) is 8.42 Å². The summed E-state index contributed by atoms with van der Waals surface area (Å²) in [7, 11) is -3.30. The van der Waals surface area contributed by atoms with Crippen LogP contribution in [0.4, 0.5) is 11.4 Å². The zero-order valence-corrected chi connectivity index (χ0v) is 10.6. The number of sulfone groups is 1. The minimum atomic E-state index is -3.30. The number of nitrogens with two attached hydrogens (primary N) is 1. The van der Waals surface area contributed by atoms with Crippen molar-refractivity contribution >= 4 is 21.2 Å². The van der Waals surface area contributed by atoms with Gasteiger partial charge in [-0.3, -0.25) is 0 Å². The molecule has 0 atom stereocenters. The molecule has 0 aliphatic carbocycles. The first-order valence-electron chi connectivity index (χ1n) is 5.40. The number of aliphatic hydroxyl groups is 1. The van der Waals surface area contributed by atoms with E-state index in [1.165, 1.54) is 6.07 Å². The third kappa shape index (κ3) is 3.90. The predicted octanol–water partition coefficient (Wildman–Crippen LogP) is 0.857. The van der Waals surface area contributed by atoms with E-state index in [9.17, 15) is 8.42 Å². The number of rotatable bonds is 6.